The fourth-order valence-electron chi connectivity index (χ4n) is 1.74. The average Bonchev–Trinajstić information content (AvgIpc) is 2.24. The molecule has 90 valence electrons. The van der Waals surface area contributed by atoms with Crippen molar-refractivity contribution in [2.45, 2.75) is 13.0 Å². The lowest BCUT2D eigenvalue weighted by molar-refractivity contribution is -0.130. The highest BCUT2D eigenvalue weighted by Gasteiger charge is 2.32. The van der Waals surface area contributed by atoms with Gasteiger partial charge in [-0.15, -0.1) is 0 Å². The van der Waals surface area contributed by atoms with E-state index in [9.17, 15) is 14.0 Å². The van der Waals surface area contributed by atoms with Crippen molar-refractivity contribution in [2.75, 3.05) is 11.4 Å². The summed E-state index contributed by atoms with van der Waals surface area (Å²) in [6.45, 7) is 1.32. The van der Waals surface area contributed by atoms with Crippen molar-refractivity contribution in [1.82, 2.24) is 5.32 Å². The summed E-state index contributed by atoms with van der Waals surface area (Å²) in [4.78, 5) is 24.3. The summed E-state index contributed by atoms with van der Waals surface area (Å²) >= 11 is 5.86. The van der Waals surface area contributed by atoms with Crippen LogP contribution in [0.3, 0.4) is 0 Å². The Kier molecular flexibility index (Phi) is 3.02. The first-order valence-corrected chi connectivity index (χ1v) is 5.43. The highest BCUT2D eigenvalue weighted by Crippen LogP contribution is 2.29. The van der Waals surface area contributed by atoms with Crippen LogP contribution in [-0.2, 0) is 9.59 Å². The van der Waals surface area contributed by atoms with E-state index in [1.807, 2.05) is 0 Å². The van der Waals surface area contributed by atoms with E-state index in [-0.39, 0.29) is 29.1 Å². The van der Waals surface area contributed by atoms with Gasteiger partial charge < -0.3 is 5.32 Å². The molecular weight excluding hydrogens is 247 g/mol. The Bertz CT molecular complexity index is 472. The highest BCUT2D eigenvalue weighted by atomic mass is 35.5. The predicted molar refractivity (Wildman–Crippen MR) is 61.4 cm³/mol. The van der Waals surface area contributed by atoms with Crippen molar-refractivity contribution < 1.29 is 14.0 Å². The van der Waals surface area contributed by atoms with Crippen LogP contribution in [0.2, 0.25) is 5.02 Å². The Balaban J connectivity index is 2.45. The number of piperazine rings is 1. The number of halogens is 2. The number of carbonyl (C=O) groups excluding carboxylic acids is 2. The fraction of sp³-hybridized carbons (Fsp3) is 0.273. The molecule has 0 saturated carbocycles. The quantitative estimate of drug-likeness (QED) is 0.824. The summed E-state index contributed by atoms with van der Waals surface area (Å²) in [5.74, 6) is -1.33. The summed E-state index contributed by atoms with van der Waals surface area (Å²) < 4.78 is 13.7. The molecule has 17 heavy (non-hydrogen) atoms. The lowest BCUT2D eigenvalue weighted by Gasteiger charge is -2.31. The number of benzene rings is 1. The van der Waals surface area contributed by atoms with Crippen molar-refractivity contribution in [3.63, 3.8) is 0 Å². The van der Waals surface area contributed by atoms with Crippen LogP contribution >= 0.6 is 11.6 Å². The van der Waals surface area contributed by atoms with Crippen LogP contribution in [0, 0.1) is 5.82 Å². The van der Waals surface area contributed by atoms with E-state index in [2.05, 4.69) is 5.32 Å². The lowest BCUT2D eigenvalue weighted by Crippen LogP contribution is -2.57. The summed E-state index contributed by atoms with van der Waals surface area (Å²) in [5, 5.41) is 2.58. The van der Waals surface area contributed by atoms with Crippen LogP contribution in [-0.4, -0.2) is 24.4 Å². The topological polar surface area (TPSA) is 49.4 Å². The summed E-state index contributed by atoms with van der Waals surface area (Å²) in [7, 11) is 0. The van der Waals surface area contributed by atoms with Crippen LogP contribution < -0.4 is 10.2 Å². The number of nitrogens with zero attached hydrogens (tertiary/aromatic N) is 1. The van der Waals surface area contributed by atoms with Gasteiger partial charge in [-0.3, -0.25) is 14.5 Å². The molecule has 1 aliphatic heterocycles. The highest BCUT2D eigenvalue weighted by molar-refractivity contribution is 6.34. The smallest absolute Gasteiger partial charge is 0.249 e. The van der Waals surface area contributed by atoms with E-state index in [4.69, 9.17) is 11.6 Å². The first-order valence-electron chi connectivity index (χ1n) is 5.05. The predicted octanol–water partition coefficient (Wildman–Crippen LogP) is 1.33. The molecule has 2 amide bonds. The second kappa shape index (κ2) is 4.33. The molecule has 0 spiro atoms. The second-order valence-electron chi connectivity index (χ2n) is 3.78. The summed E-state index contributed by atoms with van der Waals surface area (Å²) in [6, 6.07) is 3.45. The third-order valence-electron chi connectivity index (χ3n) is 2.52. The van der Waals surface area contributed by atoms with Crippen LogP contribution in [0.15, 0.2) is 18.2 Å². The third-order valence-corrected chi connectivity index (χ3v) is 2.83. The Labute approximate surface area is 102 Å². The third kappa shape index (κ3) is 2.10. The molecule has 1 saturated heterocycles. The largest absolute Gasteiger partial charge is 0.343 e. The standard InChI is InChI=1S/C11H10ClFN2O2/c1-6-11(17)15(5-9(16)14-6)10-7(12)3-2-4-8(10)13/h2-4,6H,5H2,1H3,(H,14,16). The number of amides is 2. The van der Waals surface area contributed by atoms with Crippen LogP contribution in [0.4, 0.5) is 10.1 Å². The molecule has 0 aromatic heterocycles. The maximum atomic E-state index is 13.7. The zero-order chi connectivity index (χ0) is 12.6. The average molecular weight is 257 g/mol. The fourth-order valence-corrected chi connectivity index (χ4v) is 2.01. The van der Waals surface area contributed by atoms with E-state index < -0.39 is 11.9 Å². The van der Waals surface area contributed by atoms with Gasteiger partial charge in [0.25, 0.3) is 0 Å². The molecule has 0 radical (unpaired) electrons. The zero-order valence-corrected chi connectivity index (χ0v) is 9.79. The van der Waals surface area contributed by atoms with Gasteiger partial charge in [0.05, 0.1) is 10.7 Å². The van der Waals surface area contributed by atoms with E-state index in [1.165, 1.54) is 18.2 Å². The first-order chi connectivity index (χ1) is 8.00. The Hall–Kier alpha value is -1.62. The molecule has 2 rings (SSSR count). The van der Waals surface area contributed by atoms with Crippen molar-refractivity contribution in [2.24, 2.45) is 0 Å². The molecule has 1 fully saturated rings. The molecule has 1 unspecified atom stereocenters. The van der Waals surface area contributed by atoms with Crippen molar-refractivity contribution >= 4 is 29.1 Å². The summed E-state index contributed by atoms with van der Waals surface area (Å²) in [5.41, 5.74) is -0.0409. The van der Waals surface area contributed by atoms with E-state index >= 15 is 0 Å². The van der Waals surface area contributed by atoms with Crippen molar-refractivity contribution in [3.8, 4) is 0 Å². The Morgan fingerprint density at radius 1 is 1.47 bits per heavy atom. The number of anilines is 1. The van der Waals surface area contributed by atoms with Crippen molar-refractivity contribution in [1.29, 1.82) is 0 Å². The normalized spacial score (nSPS) is 20.4. The Morgan fingerprint density at radius 2 is 2.18 bits per heavy atom. The first kappa shape index (κ1) is 11.9. The maximum absolute atomic E-state index is 13.7. The molecule has 6 heteroatoms. The second-order valence-corrected chi connectivity index (χ2v) is 4.19. The van der Waals surface area contributed by atoms with Crippen LogP contribution in [0.5, 0.6) is 0 Å². The lowest BCUT2D eigenvalue weighted by atomic mass is 10.1. The minimum Gasteiger partial charge on any atom is -0.343 e. The molecule has 1 aromatic carbocycles. The number of carbonyl (C=O) groups is 2. The summed E-state index contributed by atoms with van der Waals surface area (Å²) in [6.07, 6.45) is 0. The SMILES string of the molecule is CC1NC(=O)CN(c2c(F)cccc2Cl)C1=O. The number of hydrogen-bond acceptors (Lipinski definition) is 2. The minimum atomic E-state index is -0.674. The molecule has 1 aromatic rings. The van der Waals surface area contributed by atoms with Gasteiger partial charge in [-0.2, -0.15) is 0 Å². The molecule has 4 nitrogen and oxygen atoms in total. The molecule has 1 heterocycles. The Morgan fingerprint density at radius 3 is 2.82 bits per heavy atom. The molecule has 1 N–H and O–H groups in total. The van der Waals surface area contributed by atoms with Gasteiger partial charge in [0.1, 0.15) is 18.4 Å². The van der Waals surface area contributed by atoms with Crippen molar-refractivity contribution in [3.05, 3.63) is 29.0 Å². The molecule has 1 atom stereocenters. The number of rotatable bonds is 1. The van der Waals surface area contributed by atoms with Gasteiger partial charge in [0.2, 0.25) is 11.8 Å². The van der Waals surface area contributed by atoms with E-state index in [0.29, 0.717) is 0 Å². The monoisotopic (exact) mass is 256 g/mol. The van der Waals surface area contributed by atoms with Gasteiger partial charge in [0.15, 0.2) is 0 Å². The molecular formula is C11H10ClFN2O2. The number of hydrogen-bond donors (Lipinski definition) is 1. The zero-order valence-electron chi connectivity index (χ0n) is 9.04. The molecule has 1 aliphatic rings. The number of nitrogens with one attached hydrogen (secondary N) is 1. The van der Waals surface area contributed by atoms with Gasteiger partial charge in [0, 0.05) is 0 Å². The minimum absolute atomic E-state index is 0.0409. The van der Waals surface area contributed by atoms with Gasteiger partial charge >= 0.3 is 0 Å². The maximum Gasteiger partial charge on any atom is 0.249 e. The van der Waals surface area contributed by atoms with E-state index in [0.717, 1.165) is 4.90 Å². The molecule has 0 aliphatic carbocycles. The van der Waals surface area contributed by atoms with Gasteiger partial charge in [-0.25, -0.2) is 4.39 Å². The van der Waals surface area contributed by atoms with Gasteiger partial charge in [-0.1, -0.05) is 17.7 Å². The van der Waals surface area contributed by atoms with Crippen LogP contribution in [0.25, 0.3) is 0 Å². The van der Waals surface area contributed by atoms with Gasteiger partial charge in [-0.05, 0) is 19.1 Å². The van der Waals surface area contributed by atoms with E-state index in [1.54, 1.807) is 6.92 Å². The number of para-hydroxylation sites is 1. The molecule has 0 bridgehead atoms. The van der Waals surface area contributed by atoms with Crippen LogP contribution in [0.1, 0.15) is 6.92 Å².